The first-order chi connectivity index (χ1) is 7.10. The Bertz CT molecular complexity index is 338. The van der Waals surface area contributed by atoms with Gasteiger partial charge in [0.2, 0.25) is 5.89 Å². The summed E-state index contributed by atoms with van der Waals surface area (Å²) in [6.07, 6.45) is 1.83. The molecule has 1 aromatic rings. The quantitative estimate of drug-likeness (QED) is 0.579. The number of hydrogen-bond donors (Lipinski definition) is 0. The fourth-order valence-electron chi connectivity index (χ4n) is 1.21. The van der Waals surface area contributed by atoms with Crippen LogP contribution in [0.4, 0.5) is 0 Å². The molecule has 6 heteroatoms. The van der Waals surface area contributed by atoms with E-state index in [-0.39, 0.29) is 11.9 Å². The largest absolute Gasteiger partial charge is 0.468 e. The lowest BCUT2D eigenvalue weighted by Gasteiger charge is -2.13. The zero-order valence-corrected chi connectivity index (χ0v) is 10.00. The highest BCUT2D eigenvalue weighted by Crippen LogP contribution is 2.26. The van der Waals surface area contributed by atoms with Crippen molar-refractivity contribution < 1.29 is 13.9 Å². The van der Waals surface area contributed by atoms with Crippen molar-refractivity contribution in [2.24, 2.45) is 5.92 Å². The molecule has 0 aliphatic carbocycles. The predicted octanol–water partition coefficient (Wildman–Crippen LogP) is 1.70. The van der Waals surface area contributed by atoms with Crippen LogP contribution in [0.1, 0.15) is 25.7 Å². The lowest BCUT2D eigenvalue weighted by atomic mass is 9.96. The SMILES string of the molecule is COC(=O)C(c1nnc(SC)o1)C(C)C. The lowest BCUT2D eigenvalue weighted by molar-refractivity contribution is -0.144. The monoisotopic (exact) mass is 230 g/mol. The second kappa shape index (κ2) is 5.16. The first-order valence-electron chi connectivity index (χ1n) is 4.55. The fourth-order valence-corrected chi connectivity index (χ4v) is 1.50. The summed E-state index contributed by atoms with van der Waals surface area (Å²) in [6, 6.07) is 0. The molecule has 0 fully saturated rings. The molecule has 5 nitrogen and oxygen atoms in total. The molecule has 1 rings (SSSR count). The Balaban J connectivity index is 2.93. The molecule has 15 heavy (non-hydrogen) atoms. The van der Waals surface area contributed by atoms with E-state index in [9.17, 15) is 4.79 Å². The van der Waals surface area contributed by atoms with Crippen molar-refractivity contribution in [1.82, 2.24) is 10.2 Å². The van der Waals surface area contributed by atoms with E-state index in [1.54, 1.807) is 0 Å². The maximum absolute atomic E-state index is 11.5. The Kier molecular flexibility index (Phi) is 4.14. The average Bonchev–Trinajstić information content (AvgIpc) is 2.65. The Morgan fingerprint density at radius 2 is 2.13 bits per heavy atom. The molecule has 0 saturated heterocycles. The standard InChI is InChI=1S/C9H14N2O3S/c1-5(2)6(8(12)13-3)7-10-11-9(14-7)15-4/h5-6H,1-4H3. The van der Waals surface area contributed by atoms with Crippen molar-refractivity contribution >= 4 is 17.7 Å². The molecular weight excluding hydrogens is 216 g/mol. The van der Waals surface area contributed by atoms with Crippen LogP contribution >= 0.6 is 11.8 Å². The topological polar surface area (TPSA) is 65.2 Å². The molecule has 84 valence electrons. The third-order valence-electron chi connectivity index (χ3n) is 1.98. The molecule has 1 aromatic heterocycles. The lowest BCUT2D eigenvalue weighted by Crippen LogP contribution is -2.19. The summed E-state index contributed by atoms with van der Waals surface area (Å²) in [7, 11) is 1.35. The van der Waals surface area contributed by atoms with E-state index in [0.29, 0.717) is 11.1 Å². The highest BCUT2D eigenvalue weighted by molar-refractivity contribution is 7.98. The van der Waals surface area contributed by atoms with E-state index in [4.69, 9.17) is 9.15 Å². The molecule has 0 bridgehead atoms. The van der Waals surface area contributed by atoms with Gasteiger partial charge in [0.25, 0.3) is 5.22 Å². The van der Waals surface area contributed by atoms with Crippen LogP contribution in [0.25, 0.3) is 0 Å². The third-order valence-corrected chi connectivity index (χ3v) is 2.50. The molecule has 1 unspecified atom stereocenters. The number of thioether (sulfide) groups is 1. The summed E-state index contributed by atoms with van der Waals surface area (Å²) < 4.78 is 10.0. The van der Waals surface area contributed by atoms with E-state index >= 15 is 0 Å². The fraction of sp³-hybridized carbons (Fsp3) is 0.667. The number of carbonyl (C=O) groups excluding carboxylic acids is 1. The average molecular weight is 230 g/mol. The van der Waals surface area contributed by atoms with Crippen LogP contribution in [-0.4, -0.2) is 29.5 Å². The summed E-state index contributed by atoms with van der Waals surface area (Å²) >= 11 is 1.35. The van der Waals surface area contributed by atoms with Gasteiger partial charge >= 0.3 is 5.97 Å². The number of rotatable bonds is 4. The van der Waals surface area contributed by atoms with E-state index in [1.807, 2.05) is 20.1 Å². The van der Waals surface area contributed by atoms with Gasteiger partial charge in [0.1, 0.15) is 5.92 Å². The molecule has 1 heterocycles. The second-order valence-electron chi connectivity index (χ2n) is 3.36. The minimum Gasteiger partial charge on any atom is -0.468 e. The molecular formula is C9H14N2O3S. The summed E-state index contributed by atoms with van der Waals surface area (Å²) in [5.74, 6) is -0.446. The van der Waals surface area contributed by atoms with E-state index < -0.39 is 5.92 Å². The summed E-state index contributed by atoms with van der Waals surface area (Å²) in [5.41, 5.74) is 0. The van der Waals surface area contributed by atoms with Crippen molar-refractivity contribution in [2.75, 3.05) is 13.4 Å². The third kappa shape index (κ3) is 2.71. The van der Waals surface area contributed by atoms with Gasteiger partial charge in [-0.25, -0.2) is 0 Å². The number of methoxy groups -OCH3 is 1. The van der Waals surface area contributed by atoms with Crippen LogP contribution in [0.15, 0.2) is 9.64 Å². The highest BCUT2D eigenvalue weighted by atomic mass is 32.2. The number of hydrogen-bond acceptors (Lipinski definition) is 6. The molecule has 0 spiro atoms. The van der Waals surface area contributed by atoms with Gasteiger partial charge in [0.15, 0.2) is 0 Å². The van der Waals surface area contributed by atoms with Gasteiger partial charge in [0, 0.05) is 0 Å². The summed E-state index contributed by atoms with van der Waals surface area (Å²) in [5, 5.41) is 8.09. The normalized spacial score (nSPS) is 12.9. The number of aromatic nitrogens is 2. The molecule has 0 aliphatic rings. The van der Waals surface area contributed by atoms with Crippen molar-refractivity contribution in [3.63, 3.8) is 0 Å². The smallest absolute Gasteiger partial charge is 0.318 e. The van der Waals surface area contributed by atoms with Crippen LogP contribution in [0.2, 0.25) is 0 Å². The van der Waals surface area contributed by atoms with Gasteiger partial charge < -0.3 is 9.15 Å². The number of carbonyl (C=O) groups is 1. The van der Waals surface area contributed by atoms with Gasteiger partial charge in [0.05, 0.1) is 7.11 Å². The Morgan fingerprint density at radius 1 is 1.47 bits per heavy atom. The van der Waals surface area contributed by atoms with E-state index in [2.05, 4.69) is 10.2 Å². The van der Waals surface area contributed by atoms with Gasteiger partial charge in [-0.15, -0.1) is 10.2 Å². The van der Waals surface area contributed by atoms with Crippen LogP contribution in [0, 0.1) is 5.92 Å². The van der Waals surface area contributed by atoms with E-state index in [0.717, 1.165) is 0 Å². The Labute approximate surface area is 92.6 Å². The predicted molar refractivity (Wildman–Crippen MR) is 55.7 cm³/mol. The first kappa shape index (κ1) is 12.0. The molecule has 0 radical (unpaired) electrons. The summed E-state index contributed by atoms with van der Waals surface area (Å²) in [4.78, 5) is 11.5. The maximum Gasteiger partial charge on any atom is 0.318 e. The molecule has 0 saturated carbocycles. The number of ether oxygens (including phenoxy) is 1. The van der Waals surface area contributed by atoms with Crippen LogP contribution in [0.5, 0.6) is 0 Å². The molecule has 1 atom stereocenters. The minimum atomic E-state index is -0.483. The van der Waals surface area contributed by atoms with Crippen molar-refractivity contribution in [2.45, 2.75) is 25.0 Å². The molecule has 0 aliphatic heterocycles. The molecule has 0 amide bonds. The van der Waals surface area contributed by atoms with Crippen molar-refractivity contribution in [3.8, 4) is 0 Å². The second-order valence-corrected chi connectivity index (χ2v) is 4.11. The van der Waals surface area contributed by atoms with Crippen LogP contribution in [-0.2, 0) is 9.53 Å². The highest BCUT2D eigenvalue weighted by Gasteiger charge is 2.30. The summed E-state index contributed by atoms with van der Waals surface area (Å²) in [6.45, 7) is 3.81. The van der Waals surface area contributed by atoms with Crippen LogP contribution in [0.3, 0.4) is 0 Å². The zero-order valence-electron chi connectivity index (χ0n) is 9.18. The van der Waals surface area contributed by atoms with Gasteiger partial charge in [-0.1, -0.05) is 25.6 Å². The number of esters is 1. The maximum atomic E-state index is 11.5. The van der Waals surface area contributed by atoms with Crippen molar-refractivity contribution in [3.05, 3.63) is 5.89 Å². The molecule has 0 N–H and O–H groups in total. The van der Waals surface area contributed by atoms with Crippen molar-refractivity contribution in [1.29, 1.82) is 0 Å². The van der Waals surface area contributed by atoms with Gasteiger partial charge in [-0.3, -0.25) is 4.79 Å². The van der Waals surface area contributed by atoms with Crippen LogP contribution < -0.4 is 0 Å². The van der Waals surface area contributed by atoms with Gasteiger partial charge in [-0.05, 0) is 12.2 Å². The minimum absolute atomic E-state index is 0.0626. The Morgan fingerprint density at radius 3 is 2.53 bits per heavy atom. The molecule has 0 aromatic carbocycles. The Hall–Kier alpha value is -1.04. The zero-order chi connectivity index (χ0) is 11.4. The van der Waals surface area contributed by atoms with E-state index in [1.165, 1.54) is 18.9 Å². The number of nitrogens with zero attached hydrogens (tertiary/aromatic N) is 2. The first-order valence-corrected chi connectivity index (χ1v) is 5.77. The van der Waals surface area contributed by atoms with Gasteiger partial charge in [-0.2, -0.15) is 0 Å².